The lowest BCUT2D eigenvalue weighted by molar-refractivity contribution is 0.262. The number of nitrogens with one attached hydrogen (secondary N) is 2. The average Bonchev–Trinajstić information content (AvgIpc) is 2.75. The summed E-state index contributed by atoms with van der Waals surface area (Å²) in [6, 6.07) is 7.34. The van der Waals surface area contributed by atoms with E-state index in [4.69, 9.17) is 0 Å². The van der Waals surface area contributed by atoms with Gasteiger partial charge in [-0.3, -0.25) is 5.32 Å². The summed E-state index contributed by atoms with van der Waals surface area (Å²) >= 11 is 1.41. The summed E-state index contributed by atoms with van der Waals surface area (Å²) < 4.78 is 0. The third-order valence-corrected chi connectivity index (χ3v) is 3.36. The number of amides is 2. The van der Waals surface area contributed by atoms with E-state index in [1.165, 1.54) is 11.3 Å². The molecule has 0 saturated heterocycles. The fraction of sp³-hybridized carbons (Fsp3) is 0.231. The molecule has 0 unspecified atom stereocenters. The molecule has 1 aromatic heterocycles. The van der Waals surface area contributed by atoms with Crippen LogP contribution in [0.25, 0.3) is 0 Å². The molecule has 0 aliphatic carbocycles. The molecule has 5 nitrogen and oxygen atoms in total. The van der Waals surface area contributed by atoms with Crippen LogP contribution in [-0.2, 0) is 0 Å². The SMILES string of the molecule is Cc1csc(NC(=O)Nc2ccc(N(C)C)cc2)n1. The van der Waals surface area contributed by atoms with Crippen LogP contribution in [0.4, 0.5) is 21.3 Å². The number of hydrogen-bond acceptors (Lipinski definition) is 4. The van der Waals surface area contributed by atoms with Gasteiger partial charge in [0.15, 0.2) is 5.13 Å². The van der Waals surface area contributed by atoms with Gasteiger partial charge >= 0.3 is 6.03 Å². The van der Waals surface area contributed by atoms with E-state index in [-0.39, 0.29) is 6.03 Å². The summed E-state index contributed by atoms with van der Waals surface area (Å²) in [5.41, 5.74) is 2.73. The molecule has 0 saturated carbocycles. The van der Waals surface area contributed by atoms with Crippen LogP contribution in [0.15, 0.2) is 29.6 Å². The van der Waals surface area contributed by atoms with Gasteiger partial charge in [-0.2, -0.15) is 0 Å². The van der Waals surface area contributed by atoms with Crippen molar-refractivity contribution in [3.63, 3.8) is 0 Å². The number of thiazole rings is 1. The van der Waals surface area contributed by atoms with Crippen molar-refractivity contribution < 1.29 is 4.79 Å². The highest BCUT2D eigenvalue weighted by Crippen LogP contribution is 2.17. The van der Waals surface area contributed by atoms with E-state index in [0.29, 0.717) is 5.13 Å². The maximum absolute atomic E-state index is 11.7. The van der Waals surface area contributed by atoms with Crippen molar-refractivity contribution >= 4 is 33.9 Å². The lowest BCUT2D eigenvalue weighted by atomic mass is 10.2. The van der Waals surface area contributed by atoms with E-state index < -0.39 is 0 Å². The Morgan fingerprint density at radius 2 is 1.89 bits per heavy atom. The standard InChI is InChI=1S/C13H16N4OS/c1-9-8-19-13(14-9)16-12(18)15-10-4-6-11(7-5-10)17(2)3/h4-8H,1-3H3,(H2,14,15,16,18). The third kappa shape index (κ3) is 3.69. The molecule has 1 heterocycles. The number of nitrogens with zero attached hydrogens (tertiary/aromatic N) is 2. The summed E-state index contributed by atoms with van der Waals surface area (Å²) in [6.45, 7) is 1.89. The molecule has 6 heteroatoms. The molecule has 0 bridgehead atoms. The highest BCUT2D eigenvalue weighted by molar-refractivity contribution is 7.13. The minimum absolute atomic E-state index is 0.285. The molecule has 0 atom stereocenters. The summed E-state index contributed by atoms with van der Waals surface area (Å²) in [4.78, 5) is 17.9. The number of carbonyl (C=O) groups is 1. The lowest BCUT2D eigenvalue weighted by Crippen LogP contribution is -2.19. The molecule has 2 aromatic rings. The monoisotopic (exact) mass is 276 g/mol. The normalized spacial score (nSPS) is 10.1. The minimum atomic E-state index is -0.285. The van der Waals surface area contributed by atoms with Gasteiger partial charge in [0, 0.05) is 30.9 Å². The van der Waals surface area contributed by atoms with Gasteiger partial charge in [0.2, 0.25) is 0 Å². The van der Waals surface area contributed by atoms with Crippen LogP contribution in [0.2, 0.25) is 0 Å². The Balaban J connectivity index is 1.95. The van der Waals surface area contributed by atoms with Crippen molar-refractivity contribution in [3.05, 3.63) is 35.3 Å². The smallest absolute Gasteiger partial charge is 0.325 e. The van der Waals surface area contributed by atoms with Crippen molar-refractivity contribution in [3.8, 4) is 0 Å². The first-order valence-corrected chi connectivity index (χ1v) is 6.70. The highest BCUT2D eigenvalue weighted by atomic mass is 32.1. The quantitative estimate of drug-likeness (QED) is 0.905. The van der Waals surface area contributed by atoms with Gasteiger partial charge in [0.05, 0.1) is 5.69 Å². The molecule has 0 aliphatic heterocycles. The Morgan fingerprint density at radius 3 is 2.42 bits per heavy atom. The van der Waals surface area contributed by atoms with Crippen molar-refractivity contribution in [1.29, 1.82) is 0 Å². The Morgan fingerprint density at radius 1 is 1.21 bits per heavy atom. The summed E-state index contributed by atoms with van der Waals surface area (Å²) in [5, 5.41) is 7.95. The number of benzene rings is 1. The van der Waals surface area contributed by atoms with E-state index in [2.05, 4.69) is 15.6 Å². The van der Waals surface area contributed by atoms with E-state index in [0.717, 1.165) is 17.1 Å². The fourth-order valence-corrected chi connectivity index (χ4v) is 2.20. The predicted octanol–water partition coefficient (Wildman–Crippen LogP) is 3.16. The molecule has 100 valence electrons. The molecule has 2 rings (SSSR count). The molecular weight excluding hydrogens is 260 g/mol. The molecule has 0 fully saturated rings. The lowest BCUT2D eigenvalue weighted by Gasteiger charge is -2.13. The number of aromatic nitrogens is 1. The van der Waals surface area contributed by atoms with Crippen molar-refractivity contribution in [2.75, 3.05) is 29.6 Å². The van der Waals surface area contributed by atoms with Crippen LogP contribution < -0.4 is 15.5 Å². The van der Waals surface area contributed by atoms with Crippen LogP contribution in [0.3, 0.4) is 0 Å². The van der Waals surface area contributed by atoms with Gasteiger partial charge in [-0.15, -0.1) is 11.3 Å². The molecule has 1 aromatic carbocycles. The molecule has 0 spiro atoms. The number of hydrogen-bond donors (Lipinski definition) is 2. The van der Waals surface area contributed by atoms with Gasteiger partial charge in [-0.05, 0) is 31.2 Å². The van der Waals surface area contributed by atoms with Crippen molar-refractivity contribution in [1.82, 2.24) is 4.98 Å². The van der Waals surface area contributed by atoms with Gasteiger partial charge in [0.25, 0.3) is 0 Å². The maximum Gasteiger partial charge on any atom is 0.325 e. The highest BCUT2D eigenvalue weighted by Gasteiger charge is 2.05. The maximum atomic E-state index is 11.7. The molecule has 19 heavy (non-hydrogen) atoms. The first-order valence-electron chi connectivity index (χ1n) is 5.82. The predicted molar refractivity (Wildman–Crippen MR) is 80.3 cm³/mol. The molecule has 0 radical (unpaired) electrons. The Labute approximate surface area is 116 Å². The van der Waals surface area contributed by atoms with E-state index in [9.17, 15) is 4.79 Å². The Hall–Kier alpha value is -2.08. The average molecular weight is 276 g/mol. The van der Waals surface area contributed by atoms with Crippen LogP contribution in [-0.4, -0.2) is 25.1 Å². The van der Waals surface area contributed by atoms with Gasteiger partial charge in [0.1, 0.15) is 0 Å². The fourth-order valence-electron chi connectivity index (χ4n) is 1.51. The number of carbonyl (C=O) groups excluding carboxylic acids is 1. The van der Waals surface area contributed by atoms with Gasteiger partial charge < -0.3 is 10.2 Å². The molecule has 0 aliphatic rings. The van der Waals surface area contributed by atoms with Crippen LogP contribution in [0, 0.1) is 6.92 Å². The second-order valence-electron chi connectivity index (χ2n) is 4.31. The zero-order chi connectivity index (χ0) is 13.8. The van der Waals surface area contributed by atoms with Crippen LogP contribution in [0.5, 0.6) is 0 Å². The van der Waals surface area contributed by atoms with Crippen LogP contribution >= 0.6 is 11.3 Å². The summed E-state index contributed by atoms with van der Waals surface area (Å²) in [5.74, 6) is 0. The van der Waals surface area contributed by atoms with Crippen molar-refractivity contribution in [2.24, 2.45) is 0 Å². The second kappa shape index (κ2) is 5.71. The first-order chi connectivity index (χ1) is 9.04. The Bertz CT molecular complexity index is 562. The first kappa shape index (κ1) is 13.4. The molecule has 2 N–H and O–H groups in total. The van der Waals surface area contributed by atoms with Crippen LogP contribution in [0.1, 0.15) is 5.69 Å². The summed E-state index contributed by atoms with van der Waals surface area (Å²) in [7, 11) is 3.94. The Kier molecular flexibility index (Phi) is 4.01. The number of aryl methyl sites for hydroxylation is 1. The number of rotatable bonds is 3. The number of anilines is 3. The van der Waals surface area contributed by atoms with Crippen molar-refractivity contribution in [2.45, 2.75) is 6.92 Å². The topological polar surface area (TPSA) is 57.3 Å². The van der Waals surface area contributed by atoms with Gasteiger partial charge in [-0.1, -0.05) is 0 Å². The van der Waals surface area contributed by atoms with E-state index >= 15 is 0 Å². The minimum Gasteiger partial charge on any atom is -0.378 e. The third-order valence-electron chi connectivity index (χ3n) is 2.48. The molecular formula is C13H16N4OS. The summed E-state index contributed by atoms with van der Waals surface area (Å²) in [6.07, 6.45) is 0. The molecule has 2 amide bonds. The van der Waals surface area contributed by atoms with E-state index in [1.54, 1.807) is 0 Å². The zero-order valence-electron chi connectivity index (χ0n) is 11.1. The number of urea groups is 1. The largest absolute Gasteiger partial charge is 0.378 e. The van der Waals surface area contributed by atoms with Gasteiger partial charge in [-0.25, -0.2) is 9.78 Å². The zero-order valence-corrected chi connectivity index (χ0v) is 11.9. The second-order valence-corrected chi connectivity index (χ2v) is 5.17. The van der Waals surface area contributed by atoms with E-state index in [1.807, 2.05) is 55.6 Å².